The first-order valence-corrected chi connectivity index (χ1v) is 22.1. The maximum Gasteiger partial charge on any atom is 0.343 e. The predicted molar refractivity (Wildman–Crippen MR) is 232 cm³/mol. The van der Waals surface area contributed by atoms with Gasteiger partial charge >= 0.3 is 23.3 Å². The van der Waals surface area contributed by atoms with E-state index in [1.54, 1.807) is 45.0 Å². The lowest BCUT2D eigenvalue weighted by molar-refractivity contribution is -0.386. The Bertz CT molecular complexity index is 1980. The smallest absolute Gasteiger partial charge is 0.343 e. The molecule has 0 N–H and O–H groups in total. The van der Waals surface area contributed by atoms with E-state index in [-0.39, 0.29) is 39.5 Å². The van der Waals surface area contributed by atoms with Crippen LogP contribution in [0.25, 0.3) is 11.1 Å². The van der Waals surface area contributed by atoms with Crippen LogP contribution in [0.4, 0.5) is 11.4 Å². The van der Waals surface area contributed by atoms with Crippen LogP contribution in [0.5, 0.6) is 17.2 Å². The summed E-state index contributed by atoms with van der Waals surface area (Å²) in [6.45, 7) is 12.2. The number of carbonyl (C=O) groups excluding carboxylic acids is 2. The Balaban J connectivity index is 1.30. The number of benzene rings is 3. The van der Waals surface area contributed by atoms with E-state index in [4.69, 9.17) is 18.9 Å². The molecule has 12 heteroatoms. The third-order valence-corrected chi connectivity index (χ3v) is 12.8. The Morgan fingerprint density at radius 3 is 1.55 bits per heavy atom. The van der Waals surface area contributed by atoms with Crippen LogP contribution in [0.2, 0.25) is 0 Å². The highest BCUT2D eigenvalue weighted by atomic mass is 16.6. The molecule has 6 rings (SSSR count). The normalized spacial score (nSPS) is 18.3. The number of nitro groups is 2. The number of nitrogens with zero attached hydrogens (tertiary/aromatic N) is 2. The highest BCUT2D eigenvalue weighted by molar-refractivity contribution is 5.93. The van der Waals surface area contributed by atoms with E-state index < -0.39 is 32.9 Å². The fourth-order valence-corrected chi connectivity index (χ4v) is 9.22. The number of carbonyl (C=O) groups is 2. The molecular formula is C48H64N2O10. The summed E-state index contributed by atoms with van der Waals surface area (Å²) in [7, 11) is 0. The van der Waals surface area contributed by atoms with Crippen LogP contribution in [0, 0.1) is 53.3 Å². The van der Waals surface area contributed by atoms with Crippen molar-refractivity contribution in [2.75, 3.05) is 13.2 Å². The van der Waals surface area contributed by atoms with Crippen LogP contribution in [0.1, 0.15) is 162 Å². The minimum absolute atomic E-state index is 0.144. The number of unbranched alkanes of at least 4 members (excludes halogenated alkanes) is 10. The van der Waals surface area contributed by atoms with Crippen LogP contribution in [0.15, 0.2) is 36.4 Å². The summed E-state index contributed by atoms with van der Waals surface area (Å²) >= 11 is 0. The summed E-state index contributed by atoms with van der Waals surface area (Å²) in [5.74, 6) is -1.01. The molecule has 60 heavy (non-hydrogen) atoms. The van der Waals surface area contributed by atoms with E-state index in [1.165, 1.54) is 70.4 Å². The molecule has 2 bridgehead atoms. The molecule has 0 heterocycles. The molecule has 3 aromatic carbocycles. The van der Waals surface area contributed by atoms with Gasteiger partial charge in [-0.1, -0.05) is 78.1 Å². The molecule has 0 radical (unpaired) electrons. The molecule has 12 nitrogen and oxygen atoms in total. The van der Waals surface area contributed by atoms with Gasteiger partial charge in [0.05, 0.1) is 33.0 Å². The summed E-state index contributed by atoms with van der Waals surface area (Å²) < 4.78 is 23.9. The van der Waals surface area contributed by atoms with Crippen molar-refractivity contribution in [2.24, 2.45) is 5.41 Å². The van der Waals surface area contributed by atoms with E-state index in [0.29, 0.717) is 53.9 Å². The van der Waals surface area contributed by atoms with Gasteiger partial charge in [-0.25, -0.2) is 4.79 Å². The van der Waals surface area contributed by atoms with E-state index in [0.717, 1.165) is 51.6 Å². The fraction of sp³-hybridized carbons (Fsp3) is 0.583. The summed E-state index contributed by atoms with van der Waals surface area (Å²) in [6, 6.07) is 9.35. The lowest BCUT2D eigenvalue weighted by atomic mass is 9.58. The van der Waals surface area contributed by atoms with Gasteiger partial charge in [0.1, 0.15) is 5.75 Å². The van der Waals surface area contributed by atoms with Crippen molar-refractivity contribution in [1.29, 1.82) is 0 Å². The van der Waals surface area contributed by atoms with Crippen molar-refractivity contribution >= 4 is 23.3 Å². The number of esters is 2. The zero-order valence-corrected chi connectivity index (χ0v) is 36.6. The molecule has 0 amide bonds. The summed E-state index contributed by atoms with van der Waals surface area (Å²) in [5.41, 5.74) is 0.688. The standard InChI is InChI=1S/C48H64N2O10/c1-7-9-11-13-15-17-29-57-38-21-19-37(20-22-38)45(51)59-39-31-33(3)41(35(5)43(39)49(53)54)42-34(4)32-40(44(36(42)6)50(55)56)60-46(52)47-23-26-48(27-24-47,28-25-47)58-30-18-16-14-12-10-8-2/h19-22,31-32H,7-18,23-30H2,1-6H3. The van der Waals surface area contributed by atoms with E-state index in [1.807, 2.05) is 0 Å². The zero-order valence-electron chi connectivity index (χ0n) is 36.6. The van der Waals surface area contributed by atoms with Crippen LogP contribution in [0.3, 0.4) is 0 Å². The molecule has 0 atom stereocenters. The molecule has 0 saturated heterocycles. The molecule has 3 aliphatic rings. The number of fused-ring (bicyclic) bond motifs is 3. The fourth-order valence-electron chi connectivity index (χ4n) is 9.22. The Morgan fingerprint density at radius 2 is 1.07 bits per heavy atom. The van der Waals surface area contributed by atoms with Gasteiger partial charge in [-0.2, -0.15) is 0 Å². The first-order valence-electron chi connectivity index (χ1n) is 22.1. The topological polar surface area (TPSA) is 157 Å². The van der Waals surface area contributed by atoms with Crippen molar-refractivity contribution in [3.8, 4) is 28.4 Å². The minimum Gasteiger partial charge on any atom is -0.494 e. The van der Waals surface area contributed by atoms with Gasteiger partial charge in [-0.05, 0) is 138 Å². The van der Waals surface area contributed by atoms with Crippen molar-refractivity contribution < 1.29 is 38.4 Å². The molecule has 0 spiro atoms. The molecule has 0 aromatic heterocycles. The van der Waals surface area contributed by atoms with Crippen LogP contribution < -0.4 is 14.2 Å². The second kappa shape index (κ2) is 21.1. The van der Waals surface area contributed by atoms with Gasteiger partial charge in [-0.3, -0.25) is 25.0 Å². The second-order valence-corrected chi connectivity index (χ2v) is 17.1. The first-order chi connectivity index (χ1) is 28.8. The van der Waals surface area contributed by atoms with Gasteiger partial charge in [0.25, 0.3) is 0 Å². The Morgan fingerprint density at radius 1 is 0.617 bits per heavy atom. The highest BCUT2D eigenvalue weighted by Crippen LogP contribution is 2.55. The van der Waals surface area contributed by atoms with Crippen LogP contribution in [-0.2, 0) is 9.53 Å². The average Bonchev–Trinajstić information content (AvgIpc) is 3.21. The van der Waals surface area contributed by atoms with Gasteiger partial charge in [0.2, 0.25) is 11.5 Å². The number of hydrogen-bond donors (Lipinski definition) is 0. The molecule has 326 valence electrons. The lowest BCUT2D eigenvalue weighted by Gasteiger charge is -2.51. The molecule has 0 aliphatic heterocycles. The van der Waals surface area contributed by atoms with E-state index in [2.05, 4.69) is 13.8 Å². The van der Waals surface area contributed by atoms with Crippen molar-refractivity contribution in [2.45, 2.75) is 163 Å². The predicted octanol–water partition coefficient (Wildman–Crippen LogP) is 12.7. The summed E-state index contributed by atoms with van der Waals surface area (Å²) in [6.07, 6.45) is 18.1. The molecular weight excluding hydrogens is 765 g/mol. The number of ether oxygens (including phenoxy) is 4. The third-order valence-electron chi connectivity index (χ3n) is 12.8. The third kappa shape index (κ3) is 10.9. The quantitative estimate of drug-likeness (QED) is 0.0296. The molecule has 3 fully saturated rings. The number of rotatable bonds is 23. The van der Waals surface area contributed by atoms with Gasteiger partial charge in [0.15, 0.2) is 0 Å². The van der Waals surface area contributed by atoms with Crippen molar-refractivity contribution in [1.82, 2.24) is 0 Å². The van der Waals surface area contributed by atoms with Gasteiger partial charge < -0.3 is 18.9 Å². The zero-order chi connectivity index (χ0) is 43.5. The summed E-state index contributed by atoms with van der Waals surface area (Å²) in [4.78, 5) is 51.3. The maximum absolute atomic E-state index is 13.9. The van der Waals surface area contributed by atoms with E-state index in [9.17, 15) is 29.8 Å². The molecule has 0 unspecified atom stereocenters. The monoisotopic (exact) mass is 828 g/mol. The first kappa shape index (κ1) is 46.2. The molecule has 3 aliphatic carbocycles. The van der Waals surface area contributed by atoms with Gasteiger partial charge in [0, 0.05) is 17.7 Å². The van der Waals surface area contributed by atoms with Crippen LogP contribution in [-0.4, -0.2) is 40.6 Å². The lowest BCUT2D eigenvalue weighted by Crippen LogP contribution is -2.52. The highest BCUT2D eigenvalue weighted by Gasteiger charge is 2.54. The number of hydrogen-bond acceptors (Lipinski definition) is 10. The number of nitro benzene ring substituents is 2. The Hall–Kier alpha value is -4.84. The Kier molecular flexibility index (Phi) is 16.3. The van der Waals surface area contributed by atoms with Gasteiger partial charge in [-0.15, -0.1) is 0 Å². The largest absolute Gasteiger partial charge is 0.494 e. The Labute approximate surface area is 355 Å². The van der Waals surface area contributed by atoms with Crippen molar-refractivity contribution in [3.63, 3.8) is 0 Å². The maximum atomic E-state index is 13.9. The molecule has 3 saturated carbocycles. The van der Waals surface area contributed by atoms with Crippen LogP contribution >= 0.6 is 0 Å². The number of aryl methyl sites for hydroxylation is 2. The minimum atomic E-state index is -0.775. The van der Waals surface area contributed by atoms with Crippen molar-refractivity contribution in [3.05, 3.63) is 84.4 Å². The summed E-state index contributed by atoms with van der Waals surface area (Å²) in [5, 5.41) is 25.3. The van der Waals surface area contributed by atoms with E-state index >= 15 is 0 Å². The SMILES string of the molecule is CCCCCCCCOc1ccc(C(=O)Oc2cc(C)c(-c3c(C)cc(OC(=O)C45CCC(OCCCCCCCC)(CC4)CC5)c([N+](=O)[O-])c3C)c(C)c2[N+](=O)[O-])cc1. The molecule has 3 aromatic rings. The second-order valence-electron chi connectivity index (χ2n) is 17.1. The average molecular weight is 829 g/mol.